The molecule has 178 valence electrons. The third-order valence-corrected chi connectivity index (χ3v) is 6.43. The first-order valence-electron chi connectivity index (χ1n) is 11.2. The number of nitrogens with one attached hydrogen (secondary N) is 1. The summed E-state index contributed by atoms with van der Waals surface area (Å²) in [5.74, 6) is 2.17. The number of hydrogen-bond acceptors (Lipinski definition) is 5. The van der Waals surface area contributed by atoms with Gasteiger partial charge in [-0.05, 0) is 47.5 Å². The van der Waals surface area contributed by atoms with Crippen molar-refractivity contribution in [2.24, 2.45) is 4.99 Å². The zero-order valence-electron chi connectivity index (χ0n) is 19.1. The molecule has 0 unspecified atom stereocenters. The molecule has 1 aliphatic rings. The molecule has 0 fully saturated rings. The summed E-state index contributed by atoms with van der Waals surface area (Å²) >= 11 is 12.3. The van der Waals surface area contributed by atoms with Gasteiger partial charge in [-0.15, -0.1) is 0 Å². The number of aromatic nitrogens is 2. The van der Waals surface area contributed by atoms with Crippen molar-refractivity contribution in [3.63, 3.8) is 0 Å². The fraction of sp³-hybridized carbons (Fsp3) is 0.185. The molecule has 0 aliphatic carbocycles. The van der Waals surface area contributed by atoms with Crippen molar-refractivity contribution in [2.75, 3.05) is 13.7 Å². The Kier molecular flexibility index (Phi) is 6.93. The molecule has 2 heterocycles. The van der Waals surface area contributed by atoms with Gasteiger partial charge in [-0.3, -0.25) is 4.99 Å². The summed E-state index contributed by atoms with van der Waals surface area (Å²) in [5.41, 5.74) is 3.02. The topological polar surface area (TPSA) is 60.7 Å². The molecule has 0 saturated heterocycles. The molecule has 35 heavy (non-hydrogen) atoms. The van der Waals surface area contributed by atoms with E-state index in [0.717, 1.165) is 22.5 Å². The SMILES string of the molecule is COc1ccc(C2=N[C@H](c3ccc(Cl)cc3)[C@H](c3ccc(Cl)cc3)N2)c(OCCn2ccnc2)c1. The number of hydrogen-bond donors (Lipinski definition) is 1. The molecule has 0 spiro atoms. The standard InChI is InChI=1S/C27H24Cl2N4O2/c1-34-22-10-11-23(24(16-22)35-15-14-33-13-12-30-17-33)27-31-25(18-2-6-20(28)7-3-18)26(32-27)19-4-8-21(29)9-5-19/h2-13,16-17,25-26H,14-15H2,1H3,(H,31,32)/t25-,26+. The molecule has 4 aromatic rings. The molecule has 0 saturated carbocycles. The van der Waals surface area contributed by atoms with Crippen LogP contribution in [0.25, 0.3) is 0 Å². The van der Waals surface area contributed by atoms with E-state index in [0.29, 0.717) is 34.7 Å². The summed E-state index contributed by atoms with van der Waals surface area (Å²) in [5, 5.41) is 5.01. The van der Waals surface area contributed by atoms with Gasteiger partial charge in [-0.1, -0.05) is 47.5 Å². The van der Waals surface area contributed by atoms with E-state index in [1.807, 2.05) is 77.5 Å². The maximum atomic E-state index is 6.19. The lowest BCUT2D eigenvalue weighted by Crippen LogP contribution is -2.25. The monoisotopic (exact) mass is 506 g/mol. The highest BCUT2D eigenvalue weighted by Crippen LogP contribution is 2.39. The fourth-order valence-corrected chi connectivity index (χ4v) is 4.36. The molecule has 5 rings (SSSR count). The van der Waals surface area contributed by atoms with Crippen molar-refractivity contribution >= 4 is 29.0 Å². The number of rotatable bonds is 8. The summed E-state index contributed by atoms with van der Waals surface area (Å²) in [4.78, 5) is 9.19. The van der Waals surface area contributed by atoms with E-state index in [4.69, 9.17) is 37.7 Å². The Labute approximate surface area is 214 Å². The second kappa shape index (κ2) is 10.4. The van der Waals surface area contributed by atoms with Crippen LogP contribution in [0.2, 0.25) is 10.0 Å². The minimum Gasteiger partial charge on any atom is -0.497 e. The van der Waals surface area contributed by atoms with Crippen molar-refractivity contribution in [2.45, 2.75) is 18.6 Å². The van der Waals surface area contributed by atoms with Gasteiger partial charge in [-0.2, -0.15) is 0 Å². The number of amidine groups is 1. The minimum absolute atomic E-state index is 0.0793. The third kappa shape index (κ3) is 5.29. The summed E-state index contributed by atoms with van der Waals surface area (Å²) in [6.45, 7) is 1.16. The summed E-state index contributed by atoms with van der Waals surface area (Å²) in [7, 11) is 1.64. The Morgan fingerprint density at radius 1 is 0.943 bits per heavy atom. The molecule has 6 nitrogen and oxygen atoms in total. The van der Waals surface area contributed by atoms with Crippen LogP contribution in [0.5, 0.6) is 11.5 Å². The van der Waals surface area contributed by atoms with Gasteiger partial charge < -0.3 is 19.4 Å². The zero-order chi connectivity index (χ0) is 24.2. The van der Waals surface area contributed by atoms with Crippen LogP contribution in [0.15, 0.2) is 90.4 Å². The smallest absolute Gasteiger partial charge is 0.134 e. The number of methoxy groups -OCH3 is 1. The van der Waals surface area contributed by atoms with Gasteiger partial charge in [0.15, 0.2) is 0 Å². The van der Waals surface area contributed by atoms with Gasteiger partial charge in [0.05, 0.1) is 31.6 Å². The average molecular weight is 507 g/mol. The largest absolute Gasteiger partial charge is 0.497 e. The Balaban J connectivity index is 1.48. The molecule has 1 N–H and O–H groups in total. The maximum Gasteiger partial charge on any atom is 0.134 e. The molecular formula is C27H24Cl2N4O2. The normalized spacial score (nSPS) is 17.1. The number of ether oxygens (including phenoxy) is 2. The van der Waals surface area contributed by atoms with E-state index in [1.165, 1.54) is 0 Å². The Bertz CT molecular complexity index is 1310. The molecule has 2 atom stereocenters. The Hall–Kier alpha value is -3.48. The van der Waals surface area contributed by atoms with Gasteiger partial charge in [0.25, 0.3) is 0 Å². The van der Waals surface area contributed by atoms with Crippen LogP contribution in [0.4, 0.5) is 0 Å². The Morgan fingerprint density at radius 2 is 1.66 bits per heavy atom. The summed E-state index contributed by atoms with van der Waals surface area (Å²) in [6, 6.07) is 21.2. The Morgan fingerprint density at radius 3 is 2.31 bits per heavy atom. The summed E-state index contributed by atoms with van der Waals surface area (Å²) < 4.78 is 13.6. The quantitative estimate of drug-likeness (QED) is 0.313. The average Bonchev–Trinajstić information content (AvgIpc) is 3.55. The first kappa shape index (κ1) is 23.3. The second-order valence-corrected chi connectivity index (χ2v) is 9.03. The molecule has 1 aromatic heterocycles. The molecule has 8 heteroatoms. The first-order valence-corrected chi connectivity index (χ1v) is 12.0. The highest BCUT2D eigenvalue weighted by molar-refractivity contribution is 6.30. The lowest BCUT2D eigenvalue weighted by molar-refractivity contribution is 0.295. The lowest BCUT2D eigenvalue weighted by Gasteiger charge is -2.20. The van der Waals surface area contributed by atoms with Crippen molar-refractivity contribution in [3.8, 4) is 11.5 Å². The van der Waals surface area contributed by atoms with Crippen molar-refractivity contribution < 1.29 is 9.47 Å². The molecular weight excluding hydrogens is 483 g/mol. The molecule has 0 bridgehead atoms. The molecule has 3 aromatic carbocycles. The van der Waals surface area contributed by atoms with Gasteiger partial charge in [0.2, 0.25) is 0 Å². The van der Waals surface area contributed by atoms with Crippen LogP contribution in [-0.2, 0) is 6.54 Å². The lowest BCUT2D eigenvalue weighted by atomic mass is 9.95. The molecule has 1 aliphatic heterocycles. The maximum absolute atomic E-state index is 6.19. The van der Waals surface area contributed by atoms with Crippen molar-refractivity contribution in [1.82, 2.24) is 14.9 Å². The van der Waals surface area contributed by atoms with E-state index in [9.17, 15) is 0 Å². The predicted octanol–water partition coefficient (Wildman–Crippen LogP) is 6.11. The first-order chi connectivity index (χ1) is 17.1. The van der Waals surface area contributed by atoms with E-state index >= 15 is 0 Å². The van der Waals surface area contributed by atoms with Gasteiger partial charge in [0.1, 0.15) is 30.0 Å². The number of nitrogens with zero attached hydrogens (tertiary/aromatic N) is 3. The van der Waals surface area contributed by atoms with Gasteiger partial charge in [-0.25, -0.2) is 4.98 Å². The van der Waals surface area contributed by atoms with Crippen LogP contribution >= 0.6 is 23.2 Å². The van der Waals surface area contributed by atoms with Crippen molar-refractivity contribution in [3.05, 3.63) is 112 Å². The van der Waals surface area contributed by atoms with Crippen LogP contribution in [-0.4, -0.2) is 29.1 Å². The number of halogens is 2. The molecule has 0 amide bonds. The highest BCUT2D eigenvalue weighted by Gasteiger charge is 2.33. The van der Waals surface area contributed by atoms with Gasteiger partial charge >= 0.3 is 0 Å². The van der Waals surface area contributed by atoms with Crippen LogP contribution < -0.4 is 14.8 Å². The third-order valence-electron chi connectivity index (χ3n) is 5.93. The molecule has 0 radical (unpaired) electrons. The minimum atomic E-state index is -0.149. The van der Waals surface area contributed by atoms with Gasteiger partial charge in [0, 0.05) is 28.5 Å². The zero-order valence-corrected chi connectivity index (χ0v) is 20.6. The van der Waals surface area contributed by atoms with E-state index in [1.54, 1.807) is 19.6 Å². The highest BCUT2D eigenvalue weighted by atomic mass is 35.5. The predicted molar refractivity (Wildman–Crippen MR) is 139 cm³/mol. The van der Waals surface area contributed by atoms with Crippen LogP contribution in [0, 0.1) is 0 Å². The number of imidazole rings is 1. The fourth-order valence-electron chi connectivity index (χ4n) is 4.11. The number of aliphatic imine (C=N–C) groups is 1. The van der Waals surface area contributed by atoms with Crippen LogP contribution in [0.1, 0.15) is 28.8 Å². The number of benzene rings is 3. The van der Waals surface area contributed by atoms with E-state index in [2.05, 4.69) is 10.3 Å². The van der Waals surface area contributed by atoms with Crippen molar-refractivity contribution in [1.29, 1.82) is 0 Å². The summed E-state index contributed by atoms with van der Waals surface area (Å²) in [6.07, 6.45) is 5.43. The van der Waals surface area contributed by atoms with E-state index < -0.39 is 0 Å². The van der Waals surface area contributed by atoms with E-state index in [-0.39, 0.29) is 12.1 Å². The second-order valence-electron chi connectivity index (χ2n) is 8.16. The van der Waals surface area contributed by atoms with Crippen LogP contribution in [0.3, 0.4) is 0 Å².